The third-order valence-corrected chi connectivity index (χ3v) is 11.2. The van der Waals surface area contributed by atoms with Gasteiger partial charge in [-0.3, -0.25) is 5.41 Å². The molecule has 7 rings (SSSR count). The van der Waals surface area contributed by atoms with Crippen molar-refractivity contribution in [1.29, 1.82) is 5.41 Å². The lowest BCUT2D eigenvalue weighted by Gasteiger charge is -2.35. The fraction of sp³-hybridized carbons (Fsp3) is 0.216. The number of hydrogen-bond acceptors (Lipinski definition) is 4. The highest BCUT2D eigenvalue weighted by atomic mass is 32.2. The summed E-state index contributed by atoms with van der Waals surface area (Å²) in [4.78, 5) is 0. The number of nitrogens with two attached hydrogens (primary N) is 2. The first-order chi connectivity index (χ1) is 21.8. The Labute approximate surface area is 263 Å². The molecule has 6 aromatic rings. The standard InChI is InChI=1S/C37H37N5O2S/c38-31-17-19-32(20-18-31)42(24-30-12-6-10-26-8-2-4-14-34(26)30)45(43,44)36-22-27-15-16-28(37(39)40)21-35(27)41(36)23-29-11-5-9-25-7-1-3-13-33(25)29/h1-16,21-22,31-32H,17-20,23-24,38H2,(H3,39,40). The third-order valence-electron chi connectivity index (χ3n) is 9.31. The van der Waals surface area contributed by atoms with E-state index in [0.717, 1.165) is 56.4 Å². The largest absolute Gasteiger partial charge is 0.384 e. The van der Waals surface area contributed by atoms with Gasteiger partial charge < -0.3 is 16.0 Å². The molecule has 5 N–H and O–H groups in total. The van der Waals surface area contributed by atoms with Crippen LogP contribution < -0.4 is 11.5 Å². The normalized spacial score (nSPS) is 17.4. The summed E-state index contributed by atoms with van der Waals surface area (Å²) >= 11 is 0. The van der Waals surface area contributed by atoms with Crippen molar-refractivity contribution in [2.24, 2.45) is 11.5 Å². The lowest BCUT2D eigenvalue weighted by Crippen LogP contribution is -2.44. The molecule has 1 aliphatic rings. The Morgan fingerprint density at radius 3 is 2.02 bits per heavy atom. The zero-order valence-electron chi connectivity index (χ0n) is 25.1. The highest BCUT2D eigenvalue weighted by Gasteiger charge is 2.36. The van der Waals surface area contributed by atoms with Crippen LogP contribution in [0.3, 0.4) is 0 Å². The number of benzene rings is 5. The van der Waals surface area contributed by atoms with Gasteiger partial charge in [0.1, 0.15) is 5.84 Å². The van der Waals surface area contributed by atoms with E-state index in [-0.39, 0.29) is 29.5 Å². The summed E-state index contributed by atoms with van der Waals surface area (Å²) in [7, 11) is -4.01. The molecule has 0 aliphatic heterocycles. The molecule has 45 heavy (non-hydrogen) atoms. The average Bonchev–Trinajstić information content (AvgIpc) is 3.42. The van der Waals surface area contributed by atoms with E-state index in [4.69, 9.17) is 16.9 Å². The van der Waals surface area contributed by atoms with Gasteiger partial charge in [-0.1, -0.05) is 97.1 Å². The van der Waals surface area contributed by atoms with Crippen molar-refractivity contribution in [3.05, 3.63) is 126 Å². The Hall–Kier alpha value is -4.50. The quantitative estimate of drug-likeness (QED) is 0.130. The summed E-state index contributed by atoms with van der Waals surface area (Å²) < 4.78 is 33.9. The number of hydrogen-bond donors (Lipinski definition) is 3. The van der Waals surface area contributed by atoms with Crippen molar-refractivity contribution in [3.8, 4) is 0 Å². The van der Waals surface area contributed by atoms with Gasteiger partial charge in [0.15, 0.2) is 5.03 Å². The molecule has 1 fully saturated rings. The summed E-state index contributed by atoms with van der Waals surface area (Å²) in [5, 5.41) is 13.4. The van der Waals surface area contributed by atoms with E-state index in [1.165, 1.54) is 0 Å². The van der Waals surface area contributed by atoms with Crippen molar-refractivity contribution >= 4 is 48.3 Å². The minimum Gasteiger partial charge on any atom is -0.384 e. The minimum atomic E-state index is -4.01. The van der Waals surface area contributed by atoms with Crippen molar-refractivity contribution in [1.82, 2.24) is 8.87 Å². The zero-order chi connectivity index (χ0) is 31.1. The van der Waals surface area contributed by atoms with Gasteiger partial charge in [-0.15, -0.1) is 0 Å². The van der Waals surface area contributed by atoms with Crippen LogP contribution in [0.2, 0.25) is 0 Å². The second-order valence-electron chi connectivity index (χ2n) is 12.2. The van der Waals surface area contributed by atoms with E-state index in [1.807, 2.05) is 59.2 Å². The Bertz CT molecular complexity index is 2150. The predicted octanol–water partition coefficient (Wildman–Crippen LogP) is 6.74. The maximum Gasteiger partial charge on any atom is 0.259 e. The highest BCUT2D eigenvalue weighted by molar-refractivity contribution is 7.89. The zero-order valence-corrected chi connectivity index (χ0v) is 25.9. The summed E-state index contributed by atoms with van der Waals surface area (Å²) in [5.41, 5.74) is 15.5. The first kappa shape index (κ1) is 29.2. The van der Waals surface area contributed by atoms with Gasteiger partial charge >= 0.3 is 0 Å². The number of fused-ring (bicyclic) bond motifs is 3. The second-order valence-corrected chi connectivity index (χ2v) is 14.0. The number of nitrogens with one attached hydrogen (secondary N) is 1. The lowest BCUT2D eigenvalue weighted by molar-refractivity contribution is 0.234. The predicted molar refractivity (Wildman–Crippen MR) is 183 cm³/mol. The van der Waals surface area contributed by atoms with Crippen molar-refractivity contribution in [2.75, 3.05) is 0 Å². The Morgan fingerprint density at radius 2 is 1.36 bits per heavy atom. The van der Waals surface area contributed by atoms with Crippen LogP contribution in [-0.4, -0.2) is 35.2 Å². The number of aromatic nitrogens is 1. The number of sulfonamides is 1. The minimum absolute atomic E-state index is 0.0599. The van der Waals surface area contributed by atoms with E-state index >= 15 is 8.42 Å². The summed E-state index contributed by atoms with van der Waals surface area (Å²) in [6.07, 6.45) is 2.99. The van der Waals surface area contributed by atoms with Crippen LogP contribution in [-0.2, 0) is 23.1 Å². The molecule has 1 aliphatic carbocycles. The molecular weight excluding hydrogens is 579 g/mol. The molecule has 0 saturated heterocycles. The monoisotopic (exact) mass is 615 g/mol. The molecule has 0 bridgehead atoms. The maximum atomic E-state index is 15.1. The highest BCUT2D eigenvalue weighted by Crippen LogP contribution is 2.35. The molecule has 1 aromatic heterocycles. The molecule has 228 valence electrons. The van der Waals surface area contributed by atoms with Crippen LogP contribution in [0.5, 0.6) is 0 Å². The van der Waals surface area contributed by atoms with E-state index in [1.54, 1.807) is 16.4 Å². The van der Waals surface area contributed by atoms with Crippen LogP contribution in [0, 0.1) is 5.41 Å². The fourth-order valence-corrected chi connectivity index (χ4v) is 8.76. The Balaban J connectivity index is 1.41. The van der Waals surface area contributed by atoms with Gasteiger partial charge in [0.05, 0.1) is 5.52 Å². The Kier molecular flexibility index (Phi) is 7.65. The van der Waals surface area contributed by atoms with Crippen molar-refractivity contribution in [3.63, 3.8) is 0 Å². The van der Waals surface area contributed by atoms with Crippen LogP contribution in [0.4, 0.5) is 0 Å². The molecule has 8 heteroatoms. The lowest BCUT2D eigenvalue weighted by atomic mass is 9.91. The molecule has 7 nitrogen and oxygen atoms in total. The topological polar surface area (TPSA) is 118 Å². The third kappa shape index (κ3) is 5.50. The number of nitrogen functional groups attached to an aromatic ring is 1. The van der Waals surface area contributed by atoms with E-state index in [0.29, 0.717) is 24.9 Å². The molecular formula is C37H37N5O2S. The number of nitrogens with zero attached hydrogens (tertiary/aromatic N) is 2. The molecule has 0 amide bonds. The van der Waals surface area contributed by atoms with Gasteiger partial charge in [-0.05, 0) is 70.5 Å². The Morgan fingerprint density at radius 1 is 0.756 bits per heavy atom. The fourth-order valence-electron chi connectivity index (χ4n) is 6.89. The molecule has 0 unspecified atom stereocenters. The number of amidine groups is 1. The van der Waals surface area contributed by atoms with Crippen LogP contribution in [0.25, 0.3) is 32.4 Å². The first-order valence-corrected chi connectivity index (χ1v) is 16.9. The molecule has 0 atom stereocenters. The van der Waals surface area contributed by atoms with Gasteiger partial charge in [0, 0.05) is 36.1 Å². The second kappa shape index (κ2) is 11.8. The maximum absolute atomic E-state index is 15.1. The molecule has 1 heterocycles. The summed E-state index contributed by atoms with van der Waals surface area (Å²) in [6.45, 7) is 0.608. The van der Waals surface area contributed by atoms with Gasteiger partial charge in [-0.25, -0.2) is 8.42 Å². The summed E-state index contributed by atoms with van der Waals surface area (Å²) in [6, 6.07) is 35.7. The van der Waals surface area contributed by atoms with Gasteiger partial charge in [-0.2, -0.15) is 4.31 Å². The van der Waals surface area contributed by atoms with Crippen LogP contribution >= 0.6 is 0 Å². The molecule has 0 radical (unpaired) electrons. The van der Waals surface area contributed by atoms with Crippen molar-refractivity contribution in [2.45, 2.75) is 55.9 Å². The first-order valence-electron chi connectivity index (χ1n) is 15.5. The average molecular weight is 616 g/mol. The van der Waals surface area contributed by atoms with E-state index in [9.17, 15) is 0 Å². The SMILES string of the molecule is N=C(N)c1ccc2cc(S(=O)(=O)N(Cc3cccc4ccccc34)C3CCC(N)CC3)n(Cc3cccc4ccccc34)c2c1. The number of rotatable bonds is 8. The van der Waals surface area contributed by atoms with Crippen LogP contribution in [0.15, 0.2) is 114 Å². The molecule has 1 saturated carbocycles. The molecule has 5 aromatic carbocycles. The van der Waals surface area contributed by atoms with E-state index < -0.39 is 10.0 Å². The van der Waals surface area contributed by atoms with Gasteiger partial charge in [0.25, 0.3) is 10.0 Å². The summed E-state index contributed by atoms with van der Waals surface area (Å²) in [5.74, 6) is -0.0599. The van der Waals surface area contributed by atoms with Crippen molar-refractivity contribution < 1.29 is 8.42 Å². The smallest absolute Gasteiger partial charge is 0.259 e. The van der Waals surface area contributed by atoms with Crippen LogP contribution in [0.1, 0.15) is 42.4 Å². The molecule has 0 spiro atoms. The van der Waals surface area contributed by atoms with Gasteiger partial charge in [0.2, 0.25) is 0 Å². The van der Waals surface area contributed by atoms with E-state index in [2.05, 4.69) is 42.5 Å².